The van der Waals surface area contributed by atoms with Crippen LogP contribution in [0.5, 0.6) is 0 Å². The number of hydrogen-bond acceptors (Lipinski definition) is 8. The monoisotopic (exact) mass is 388 g/mol. The maximum absolute atomic E-state index is 11.3. The molecule has 8 nitrogen and oxygen atoms in total. The van der Waals surface area contributed by atoms with E-state index in [1.807, 2.05) is 30.3 Å². The van der Waals surface area contributed by atoms with Crippen molar-refractivity contribution in [2.24, 2.45) is 0 Å². The van der Waals surface area contributed by atoms with Gasteiger partial charge in [-0.15, -0.1) is 6.58 Å². The molecule has 2 N–H and O–H groups in total. The zero-order chi connectivity index (χ0) is 19.2. The molecule has 1 heterocycles. The van der Waals surface area contributed by atoms with Gasteiger partial charge in [0, 0.05) is 0 Å². The molecule has 0 unspecified atom stereocenters. The van der Waals surface area contributed by atoms with Crippen LogP contribution in [0.1, 0.15) is 5.56 Å². The largest absolute Gasteiger partial charge is 0.385 e. The van der Waals surface area contributed by atoms with E-state index in [1.54, 1.807) is 0 Å². The van der Waals surface area contributed by atoms with Crippen LogP contribution in [-0.4, -0.2) is 68.8 Å². The molecule has 146 valence electrons. The van der Waals surface area contributed by atoms with Crippen molar-refractivity contribution in [1.82, 2.24) is 0 Å². The predicted octanol–water partition coefficient (Wildman–Crippen LogP) is 0.197. The fourth-order valence-electron chi connectivity index (χ4n) is 2.57. The Morgan fingerprint density at radius 3 is 2.50 bits per heavy atom. The Morgan fingerprint density at radius 1 is 1.19 bits per heavy atom. The van der Waals surface area contributed by atoms with Gasteiger partial charge in [-0.3, -0.25) is 4.18 Å². The van der Waals surface area contributed by atoms with Gasteiger partial charge in [-0.1, -0.05) is 36.4 Å². The van der Waals surface area contributed by atoms with Crippen LogP contribution in [0.15, 0.2) is 43.0 Å². The van der Waals surface area contributed by atoms with Crippen molar-refractivity contribution in [1.29, 1.82) is 0 Å². The van der Waals surface area contributed by atoms with E-state index in [9.17, 15) is 18.6 Å². The average Bonchev–Trinajstić information content (AvgIpc) is 2.60. The Morgan fingerprint density at radius 2 is 1.88 bits per heavy atom. The lowest BCUT2D eigenvalue weighted by Crippen LogP contribution is -2.60. The van der Waals surface area contributed by atoms with Crippen LogP contribution in [0.4, 0.5) is 0 Å². The van der Waals surface area contributed by atoms with Crippen LogP contribution in [0.25, 0.3) is 0 Å². The third-order valence-electron chi connectivity index (χ3n) is 3.77. The van der Waals surface area contributed by atoms with Crippen molar-refractivity contribution >= 4 is 10.1 Å². The summed E-state index contributed by atoms with van der Waals surface area (Å²) in [5, 5.41) is 20.1. The highest BCUT2D eigenvalue weighted by Crippen LogP contribution is 2.26. The van der Waals surface area contributed by atoms with E-state index in [4.69, 9.17) is 18.4 Å². The van der Waals surface area contributed by atoms with E-state index in [2.05, 4.69) is 6.58 Å². The maximum atomic E-state index is 11.3. The zero-order valence-corrected chi connectivity index (χ0v) is 15.2. The van der Waals surface area contributed by atoms with Crippen LogP contribution in [0.2, 0.25) is 0 Å². The molecule has 0 amide bonds. The summed E-state index contributed by atoms with van der Waals surface area (Å²) in [4.78, 5) is 0. The summed E-state index contributed by atoms with van der Waals surface area (Å²) >= 11 is 0. The van der Waals surface area contributed by atoms with Crippen molar-refractivity contribution in [2.45, 2.75) is 37.3 Å². The molecule has 1 fully saturated rings. The number of aliphatic hydroxyl groups excluding tert-OH is 2. The van der Waals surface area contributed by atoms with Crippen molar-refractivity contribution < 1.29 is 37.0 Å². The first-order valence-electron chi connectivity index (χ1n) is 8.06. The Bertz CT molecular complexity index is 663. The second-order valence-electron chi connectivity index (χ2n) is 5.89. The molecule has 2 rings (SSSR count). The van der Waals surface area contributed by atoms with Crippen LogP contribution in [0, 0.1) is 0 Å². The minimum atomic E-state index is -3.72. The number of benzene rings is 1. The highest BCUT2D eigenvalue weighted by Gasteiger charge is 2.46. The smallest absolute Gasteiger partial charge is 0.264 e. The standard InChI is InChI=1S/C17H24O8S/c1-3-9-22-16-14(18)17(19)25-13(11-24-26(2,20)21)15(16)23-10-12-7-5-4-6-8-12/h3-8,13-19H,1,9-11H2,2H3/t13-,14+,15-,16-,17+/m1/s1. The van der Waals surface area contributed by atoms with Gasteiger partial charge in [-0.2, -0.15) is 8.42 Å². The van der Waals surface area contributed by atoms with Gasteiger partial charge in [0.25, 0.3) is 10.1 Å². The van der Waals surface area contributed by atoms with E-state index >= 15 is 0 Å². The number of rotatable bonds is 9. The molecular formula is C17H24O8S. The Balaban J connectivity index is 2.16. The lowest BCUT2D eigenvalue weighted by atomic mass is 9.98. The SMILES string of the molecule is C=CCO[C@@H]1[C@H](O)[C@@H](O)O[C@H](COS(C)(=O)=O)[C@H]1OCc1ccccc1. The molecular weight excluding hydrogens is 364 g/mol. The molecule has 5 atom stereocenters. The first-order chi connectivity index (χ1) is 12.3. The fourth-order valence-corrected chi connectivity index (χ4v) is 2.95. The van der Waals surface area contributed by atoms with Crippen LogP contribution in [0.3, 0.4) is 0 Å². The molecule has 9 heteroatoms. The summed E-state index contributed by atoms with van der Waals surface area (Å²) in [6.45, 7) is 3.46. The van der Waals surface area contributed by atoms with Gasteiger partial charge in [0.1, 0.15) is 24.4 Å². The highest BCUT2D eigenvalue weighted by atomic mass is 32.2. The summed E-state index contributed by atoms with van der Waals surface area (Å²) in [6.07, 6.45) is -3.30. The quantitative estimate of drug-likeness (QED) is 0.456. The van der Waals surface area contributed by atoms with Gasteiger partial charge >= 0.3 is 0 Å². The first-order valence-corrected chi connectivity index (χ1v) is 9.87. The van der Waals surface area contributed by atoms with Crippen LogP contribution < -0.4 is 0 Å². The van der Waals surface area contributed by atoms with Crippen LogP contribution >= 0.6 is 0 Å². The fraction of sp³-hybridized carbons (Fsp3) is 0.529. The van der Waals surface area contributed by atoms with E-state index in [-0.39, 0.29) is 19.8 Å². The van der Waals surface area contributed by atoms with Gasteiger partial charge in [0.2, 0.25) is 0 Å². The highest BCUT2D eigenvalue weighted by molar-refractivity contribution is 7.85. The molecule has 0 radical (unpaired) electrons. The summed E-state index contributed by atoms with van der Waals surface area (Å²) in [5.41, 5.74) is 0.873. The molecule has 1 aliphatic heterocycles. The molecule has 0 spiro atoms. The van der Waals surface area contributed by atoms with Gasteiger partial charge in [-0.05, 0) is 5.56 Å². The molecule has 0 bridgehead atoms. The molecule has 1 aliphatic rings. The Hall–Kier alpha value is -1.33. The summed E-state index contributed by atoms with van der Waals surface area (Å²) in [5.74, 6) is 0. The van der Waals surface area contributed by atoms with E-state index < -0.39 is 40.8 Å². The summed E-state index contributed by atoms with van der Waals surface area (Å²) < 4.78 is 44.0. The minimum absolute atomic E-state index is 0.110. The number of hydrogen-bond donors (Lipinski definition) is 2. The molecule has 0 aromatic heterocycles. The van der Waals surface area contributed by atoms with E-state index in [1.165, 1.54) is 6.08 Å². The second kappa shape index (κ2) is 9.56. The lowest BCUT2D eigenvalue weighted by molar-refractivity contribution is -0.300. The van der Waals surface area contributed by atoms with Crippen LogP contribution in [-0.2, 0) is 35.1 Å². The van der Waals surface area contributed by atoms with E-state index in [0.717, 1.165) is 11.8 Å². The first kappa shape index (κ1) is 21.0. The Labute approximate surface area is 153 Å². The van der Waals surface area contributed by atoms with Crippen molar-refractivity contribution in [3.8, 4) is 0 Å². The zero-order valence-electron chi connectivity index (χ0n) is 14.4. The van der Waals surface area contributed by atoms with Crippen molar-refractivity contribution in [3.05, 3.63) is 48.6 Å². The van der Waals surface area contributed by atoms with Gasteiger partial charge in [0.05, 0.1) is 26.1 Å². The van der Waals surface area contributed by atoms with Gasteiger partial charge in [-0.25, -0.2) is 0 Å². The third kappa shape index (κ3) is 6.13. The Kier molecular flexibility index (Phi) is 7.71. The summed E-state index contributed by atoms with van der Waals surface area (Å²) in [6, 6.07) is 9.29. The summed E-state index contributed by atoms with van der Waals surface area (Å²) in [7, 11) is -3.72. The number of aliphatic hydroxyl groups is 2. The van der Waals surface area contributed by atoms with Gasteiger partial charge in [0.15, 0.2) is 6.29 Å². The normalized spacial score (nSPS) is 29.4. The predicted molar refractivity (Wildman–Crippen MR) is 92.6 cm³/mol. The van der Waals surface area contributed by atoms with Crippen molar-refractivity contribution in [2.75, 3.05) is 19.5 Å². The molecule has 1 aromatic rings. The molecule has 1 saturated heterocycles. The topological polar surface area (TPSA) is 112 Å². The number of ether oxygens (including phenoxy) is 3. The molecule has 0 aliphatic carbocycles. The van der Waals surface area contributed by atoms with E-state index in [0.29, 0.717) is 0 Å². The van der Waals surface area contributed by atoms with Crippen molar-refractivity contribution in [3.63, 3.8) is 0 Å². The second-order valence-corrected chi connectivity index (χ2v) is 7.54. The molecule has 26 heavy (non-hydrogen) atoms. The lowest BCUT2D eigenvalue weighted by Gasteiger charge is -2.42. The minimum Gasteiger partial charge on any atom is -0.385 e. The third-order valence-corrected chi connectivity index (χ3v) is 4.34. The molecule has 1 aromatic carbocycles. The van der Waals surface area contributed by atoms with Gasteiger partial charge < -0.3 is 24.4 Å². The average molecular weight is 388 g/mol. The molecule has 0 saturated carbocycles. The maximum Gasteiger partial charge on any atom is 0.264 e.